The lowest BCUT2D eigenvalue weighted by atomic mass is 9.76. The monoisotopic (exact) mass is 582 g/mol. The van der Waals surface area contributed by atoms with E-state index in [2.05, 4.69) is 33.0 Å². The number of aliphatic imine (C=N–C) groups is 1. The predicted octanol–water partition coefficient (Wildman–Crippen LogP) is 5.94. The van der Waals surface area contributed by atoms with Crippen LogP contribution in [0, 0.1) is 22.2 Å². The van der Waals surface area contributed by atoms with Gasteiger partial charge >= 0.3 is 5.97 Å². The van der Waals surface area contributed by atoms with Crippen molar-refractivity contribution in [2.24, 2.45) is 10.4 Å². The molecule has 1 saturated heterocycles. The highest BCUT2D eigenvalue weighted by molar-refractivity contribution is 6.18. The number of pyridine rings is 1. The zero-order valence-corrected chi connectivity index (χ0v) is 25.7. The Labute approximate surface area is 254 Å². The molecule has 1 saturated carbocycles. The van der Waals surface area contributed by atoms with Crippen molar-refractivity contribution in [1.82, 2.24) is 20.1 Å². The van der Waals surface area contributed by atoms with Gasteiger partial charge in [-0.2, -0.15) is 10.4 Å². The van der Waals surface area contributed by atoms with Gasteiger partial charge in [0.1, 0.15) is 17.5 Å². The van der Waals surface area contributed by atoms with Crippen molar-refractivity contribution >= 4 is 29.4 Å². The van der Waals surface area contributed by atoms with Crippen LogP contribution in [0.4, 0.5) is 5.82 Å². The molecule has 0 radical (unpaired) electrons. The molecule has 0 atom stereocenters. The second-order valence-electron chi connectivity index (χ2n) is 12.7. The number of hydrogen-bond donors (Lipinski definition) is 2. The topological polar surface area (TPSA) is 132 Å². The molecule has 226 valence electrons. The number of nitrogens with zero attached hydrogens (tertiary/aromatic N) is 6. The van der Waals surface area contributed by atoms with Gasteiger partial charge in [0.2, 0.25) is 0 Å². The Kier molecular flexibility index (Phi) is 8.81. The van der Waals surface area contributed by atoms with Gasteiger partial charge in [-0.1, -0.05) is 26.2 Å². The molecule has 4 heterocycles. The summed E-state index contributed by atoms with van der Waals surface area (Å²) in [5.74, 6) is 0.713. The minimum Gasteiger partial charge on any atom is -0.460 e. The van der Waals surface area contributed by atoms with E-state index in [9.17, 15) is 10.1 Å². The molecule has 2 aromatic rings. The van der Waals surface area contributed by atoms with Gasteiger partial charge in [-0.15, -0.1) is 0 Å². The molecule has 0 bridgehead atoms. The molecule has 0 unspecified atom stereocenters. The Hall–Kier alpha value is -4.26. The predicted molar refractivity (Wildman–Crippen MR) is 168 cm³/mol. The van der Waals surface area contributed by atoms with Crippen molar-refractivity contribution in [3.63, 3.8) is 0 Å². The Morgan fingerprint density at radius 2 is 1.93 bits per heavy atom. The summed E-state index contributed by atoms with van der Waals surface area (Å²) in [7, 11) is 0. The highest BCUT2D eigenvalue weighted by Crippen LogP contribution is 2.38. The summed E-state index contributed by atoms with van der Waals surface area (Å²) in [6, 6.07) is 6.43. The number of esters is 1. The molecule has 0 aromatic carbocycles. The van der Waals surface area contributed by atoms with Crippen molar-refractivity contribution in [3.8, 4) is 6.07 Å². The van der Waals surface area contributed by atoms with Gasteiger partial charge in [0.15, 0.2) is 0 Å². The smallest absolute Gasteiger partial charge is 0.312 e. The van der Waals surface area contributed by atoms with Crippen molar-refractivity contribution in [2.75, 3.05) is 18.0 Å². The first-order valence-electron chi connectivity index (χ1n) is 15.4. The molecule has 0 spiro atoms. The van der Waals surface area contributed by atoms with E-state index in [0.29, 0.717) is 49.1 Å². The molecule has 2 aliphatic heterocycles. The van der Waals surface area contributed by atoms with Gasteiger partial charge in [-0.3, -0.25) is 9.48 Å². The molecular formula is C33H42N8O2. The number of allylic oxidation sites excluding steroid dienone is 2. The molecular weight excluding hydrogens is 540 g/mol. The van der Waals surface area contributed by atoms with Gasteiger partial charge < -0.3 is 20.4 Å². The maximum absolute atomic E-state index is 13.0. The van der Waals surface area contributed by atoms with Crippen LogP contribution in [0.3, 0.4) is 0 Å². The first-order chi connectivity index (χ1) is 20.7. The van der Waals surface area contributed by atoms with Crippen molar-refractivity contribution in [2.45, 2.75) is 90.7 Å². The van der Waals surface area contributed by atoms with Crippen LogP contribution in [0.1, 0.15) is 96.2 Å². The maximum atomic E-state index is 13.0. The average molecular weight is 583 g/mol. The number of nitrogens with one attached hydrogen (secondary N) is 2. The van der Waals surface area contributed by atoms with Crippen LogP contribution in [-0.4, -0.2) is 51.4 Å². The van der Waals surface area contributed by atoms with Crippen molar-refractivity contribution in [1.29, 1.82) is 10.7 Å². The quantitative estimate of drug-likeness (QED) is 0.235. The highest BCUT2D eigenvalue weighted by Gasteiger charge is 2.43. The fraction of sp³-hybridized carbons (Fsp3) is 0.515. The first kappa shape index (κ1) is 30.2. The number of aromatic nitrogens is 3. The Morgan fingerprint density at radius 1 is 1.19 bits per heavy atom. The Morgan fingerprint density at radius 3 is 2.53 bits per heavy atom. The molecule has 2 N–H and O–H groups in total. The number of piperidine rings is 1. The molecule has 5 rings (SSSR count). The molecule has 43 heavy (non-hydrogen) atoms. The minimum absolute atomic E-state index is 0.111. The standard InChI is InChI=1S/C33H42N8O2/c1-5-33(31(42)43-32(2,3)4)13-15-40(16-14-33)28-12-11-23(19-36-28)30-29(24(17-34)18-35)37-21-27(39-30)25-20-38-41(22-25)26-9-7-6-8-10-26/h11-12,17,19-22,26,34,37H,5-10,13-16H2,1-4H3/b29-24+,34-17?. The molecule has 3 aliphatic rings. The van der Waals surface area contributed by atoms with Gasteiger partial charge in [-0.25, -0.2) is 9.98 Å². The van der Waals surface area contributed by atoms with Gasteiger partial charge in [0, 0.05) is 49.0 Å². The lowest BCUT2D eigenvalue weighted by Gasteiger charge is -2.41. The number of rotatable bonds is 7. The molecule has 10 heteroatoms. The van der Waals surface area contributed by atoms with E-state index in [4.69, 9.17) is 20.1 Å². The maximum Gasteiger partial charge on any atom is 0.312 e. The highest BCUT2D eigenvalue weighted by atomic mass is 16.6. The molecule has 1 aliphatic carbocycles. The third-order valence-electron chi connectivity index (χ3n) is 8.78. The zero-order valence-electron chi connectivity index (χ0n) is 25.7. The van der Waals surface area contributed by atoms with E-state index in [1.165, 1.54) is 19.3 Å². The first-order valence-corrected chi connectivity index (χ1v) is 15.4. The number of hydrogen-bond acceptors (Lipinski definition) is 9. The Bertz CT molecular complexity index is 1470. The lowest BCUT2D eigenvalue weighted by Crippen LogP contribution is -2.46. The van der Waals surface area contributed by atoms with Crippen molar-refractivity contribution < 1.29 is 9.53 Å². The van der Waals surface area contributed by atoms with Gasteiger partial charge in [0.05, 0.1) is 40.3 Å². The number of carbonyl (C=O) groups excluding carboxylic acids is 1. The van der Waals surface area contributed by atoms with E-state index in [1.807, 2.05) is 45.3 Å². The summed E-state index contributed by atoms with van der Waals surface area (Å²) in [5, 5.41) is 25.4. The van der Waals surface area contributed by atoms with Crippen molar-refractivity contribution in [3.05, 3.63) is 59.3 Å². The van der Waals surface area contributed by atoms with E-state index in [0.717, 1.165) is 42.4 Å². The largest absolute Gasteiger partial charge is 0.460 e. The van der Waals surface area contributed by atoms with E-state index < -0.39 is 11.0 Å². The van der Waals surface area contributed by atoms with E-state index >= 15 is 0 Å². The van der Waals surface area contributed by atoms with E-state index in [-0.39, 0.29) is 11.5 Å². The molecule has 0 amide bonds. The summed E-state index contributed by atoms with van der Waals surface area (Å²) < 4.78 is 7.83. The fourth-order valence-corrected chi connectivity index (χ4v) is 6.12. The van der Waals surface area contributed by atoms with Crippen LogP contribution in [0.2, 0.25) is 0 Å². The lowest BCUT2D eigenvalue weighted by molar-refractivity contribution is -0.169. The summed E-state index contributed by atoms with van der Waals surface area (Å²) >= 11 is 0. The van der Waals surface area contributed by atoms with Crippen LogP contribution in [0.5, 0.6) is 0 Å². The van der Waals surface area contributed by atoms with Crippen LogP contribution < -0.4 is 10.2 Å². The van der Waals surface area contributed by atoms with Crippen LogP contribution >= 0.6 is 0 Å². The number of nitriles is 1. The van der Waals surface area contributed by atoms with E-state index in [1.54, 1.807) is 12.4 Å². The third kappa shape index (κ3) is 6.56. The van der Waals surface area contributed by atoms with Crippen LogP contribution in [0.15, 0.2) is 53.2 Å². The normalized spacial score (nSPS) is 20.3. The summed E-state index contributed by atoms with van der Waals surface area (Å²) in [6.07, 6.45) is 16.6. The molecule has 10 nitrogen and oxygen atoms in total. The molecule has 2 fully saturated rings. The number of ether oxygens (including phenoxy) is 1. The number of carbonyl (C=O) groups is 1. The summed E-state index contributed by atoms with van der Waals surface area (Å²) in [6.45, 7) is 9.20. The summed E-state index contributed by atoms with van der Waals surface area (Å²) in [5.41, 5.74) is 2.57. The summed E-state index contributed by atoms with van der Waals surface area (Å²) in [4.78, 5) is 25.0. The zero-order chi connectivity index (χ0) is 30.6. The second kappa shape index (κ2) is 12.5. The van der Waals surface area contributed by atoms with Crippen LogP contribution in [-0.2, 0) is 9.53 Å². The average Bonchev–Trinajstić information content (AvgIpc) is 3.52. The second-order valence-corrected chi connectivity index (χ2v) is 12.7. The fourth-order valence-electron chi connectivity index (χ4n) is 6.12. The van der Waals surface area contributed by atoms with Gasteiger partial charge in [-0.05, 0) is 65.0 Å². The SMILES string of the molecule is CCC1(C(=O)OC(C)(C)C)CCN(c2ccc(C3=NC(c4cnn(C5CCCCC5)c4)=CN/C3=C(/C#N)C=N)cn2)CC1. The van der Waals surface area contributed by atoms with Gasteiger partial charge in [0.25, 0.3) is 0 Å². The molecule has 2 aromatic heterocycles. The number of anilines is 1. The Balaban J connectivity index is 1.36. The van der Waals surface area contributed by atoms with Crippen LogP contribution in [0.25, 0.3) is 5.70 Å². The third-order valence-corrected chi connectivity index (χ3v) is 8.78. The minimum atomic E-state index is -0.508.